The fourth-order valence-corrected chi connectivity index (χ4v) is 4.19. The molecule has 0 bridgehead atoms. The standard InChI is InChI=1S/C23H32N8O2S/c1-3-22(33)26-17-4-6-18(7-5-17)34-23-28-20(27-19(25)14-16(2)24)15-21(29-23)31-10-8-30(9-11-31)12-13-32/h4-7,15,24,32H,3,8-14H2,1-2H3,(H,26,33)(H2,25,27,28,29). The molecule has 182 valence electrons. The lowest BCUT2D eigenvalue weighted by molar-refractivity contribution is -0.115. The van der Waals surface area contributed by atoms with Gasteiger partial charge in [-0.25, -0.2) is 15.0 Å². The van der Waals surface area contributed by atoms with Gasteiger partial charge in [-0.15, -0.1) is 0 Å². The van der Waals surface area contributed by atoms with E-state index < -0.39 is 0 Å². The smallest absolute Gasteiger partial charge is 0.224 e. The number of carbonyl (C=O) groups is 1. The molecule has 2 aromatic rings. The van der Waals surface area contributed by atoms with Crippen LogP contribution in [-0.4, -0.2) is 76.8 Å². The van der Waals surface area contributed by atoms with E-state index in [0.29, 0.717) is 35.5 Å². The van der Waals surface area contributed by atoms with Crippen LogP contribution < -0.4 is 16.0 Å². The van der Waals surface area contributed by atoms with Crippen molar-refractivity contribution in [1.29, 1.82) is 5.41 Å². The third-order valence-electron chi connectivity index (χ3n) is 5.16. The molecule has 11 heteroatoms. The number of piperazine rings is 1. The highest BCUT2D eigenvalue weighted by atomic mass is 32.2. The predicted octanol–water partition coefficient (Wildman–Crippen LogP) is 2.51. The molecule has 1 aromatic heterocycles. The molecule has 10 nitrogen and oxygen atoms in total. The Labute approximate surface area is 204 Å². The summed E-state index contributed by atoms with van der Waals surface area (Å²) in [4.78, 5) is 30.7. The quantitative estimate of drug-likeness (QED) is 0.229. The summed E-state index contributed by atoms with van der Waals surface area (Å²) in [7, 11) is 0. The Morgan fingerprint density at radius 3 is 2.56 bits per heavy atom. The van der Waals surface area contributed by atoms with Crippen molar-refractivity contribution < 1.29 is 9.90 Å². The van der Waals surface area contributed by atoms with Crippen LogP contribution in [0.25, 0.3) is 0 Å². The van der Waals surface area contributed by atoms with Gasteiger partial charge >= 0.3 is 0 Å². The number of amides is 1. The number of nitrogens with two attached hydrogens (primary N) is 1. The van der Waals surface area contributed by atoms with Crippen molar-refractivity contribution in [2.24, 2.45) is 10.7 Å². The highest BCUT2D eigenvalue weighted by Gasteiger charge is 2.19. The molecule has 0 atom stereocenters. The minimum atomic E-state index is -0.0317. The molecule has 0 spiro atoms. The minimum absolute atomic E-state index is 0.0317. The van der Waals surface area contributed by atoms with Gasteiger partial charge < -0.3 is 26.5 Å². The molecule has 0 aliphatic carbocycles. The molecule has 0 radical (unpaired) electrons. The number of aromatic nitrogens is 2. The highest BCUT2D eigenvalue weighted by molar-refractivity contribution is 7.99. The predicted molar refractivity (Wildman–Crippen MR) is 137 cm³/mol. The zero-order valence-electron chi connectivity index (χ0n) is 19.6. The number of aliphatic hydroxyl groups is 1. The van der Waals surface area contributed by atoms with Gasteiger partial charge in [0.2, 0.25) is 5.91 Å². The van der Waals surface area contributed by atoms with Gasteiger partial charge in [-0.05, 0) is 43.0 Å². The van der Waals surface area contributed by atoms with Gasteiger partial charge in [0.05, 0.1) is 6.61 Å². The maximum absolute atomic E-state index is 11.6. The molecular formula is C23H32N8O2S. The first-order chi connectivity index (χ1) is 16.4. The normalized spacial score (nSPS) is 14.8. The van der Waals surface area contributed by atoms with Crippen LogP contribution in [-0.2, 0) is 4.79 Å². The first-order valence-corrected chi connectivity index (χ1v) is 12.1. The van der Waals surface area contributed by atoms with Gasteiger partial charge in [0.1, 0.15) is 11.7 Å². The lowest BCUT2D eigenvalue weighted by Gasteiger charge is -2.35. The van der Waals surface area contributed by atoms with Gasteiger partial charge in [0.25, 0.3) is 0 Å². The first-order valence-electron chi connectivity index (χ1n) is 11.3. The van der Waals surface area contributed by atoms with Crippen molar-refractivity contribution in [3.63, 3.8) is 0 Å². The number of nitrogens with zero attached hydrogens (tertiary/aromatic N) is 5. The summed E-state index contributed by atoms with van der Waals surface area (Å²) in [6.07, 6.45) is 0.710. The van der Waals surface area contributed by atoms with Crippen molar-refractivity contribution in [1.82, 2.24) is 14.9 Å². The molecule has 0 saturated carbocycles. The van der Waals surface area contributed by atoms with E-state index in [4.69, 9.17) is 16.1 Å². The Balaban J connectivity index is 1.82. The van der Waals surface area contributed by atoms with Gasteiger partial charge in [-0.1, -0.05) is 6.92 Å². The number of aliphatic hydroxyl groups excluding tert-OH is 1. The molecule has 1 aliphatic rings. The minimum Gasteiger partial charge on any atom is -0.395 e. The molecule has 0 unspecified atom stereocenters. The second-order valence-electron chi connectivity index (χ2n) is 8.01. The summed E-state index contributed by atoms with van der Waals surface area (Å²) in [6, 6.07) is 9.35. The molecule has 1 saturated heterocycles. The van der Waals surface area contributed by atoms with E-state index in [2.05, 4.69) is 25.1 Å². The molecule has 1 fully saturated rings. The van der Waals surface area contributed by atoms with E-state index in [1.807, 2.05) is 37.3 Å². The summed E-state index contributed by atoms with van der Waals surface area (Å²) in [5.41, 5.74) is 7.19. The number of hydrogen-bond acceptors (Lipinski definition) is 9. The van der Waals surface area contributed by atoms with Crippen LogP contribution in [0.1, 0.15) is 26.7 Å². The average molecular weight is 485 g/mol. The van der Waals surface area contributed by atoms with E-state index in [0.717, 1.165) is 42.6 Å². The lowest BCUT2D eigenvalue weighted by atomic mass is 10.3. The summed E-state index contributed by atoms with van der Waals surface area (Å²) < 4.78 is 0. The van der Waals surface area contributed by atoms with Crippen LogP contribution in [0.15, 0.2) is 45.4 Å². The number of β-amino-alcohol motifs (C(OH)–C–C–N with tert-alkyl or cyclic N) is 1. The first kappa shape index (κ1) is 25.6. The Morgan fingerprint density at radius 2 is 1.94 bits per heavy atom. The summed E-state index contributed by atoms with van der Waals surface area (Å²) in [5.74, 6) is 1.52. The van der Waals surface area contributed by atoms with Gasteiger partial charge in [0.15, 0.2) is 11.0 Å². The van der Waals surface area contributed by atoms with E-state index in [9.17, 15) is 9.90 Å². The van der Waals surface area contributed by atoms with Crippen molar-refractivity contribution in [2.75, 3.05) is 49.5 Å². The van der Waals surface area contributed by atoms with Crippen LogP contribution in [0.3, 0.4) is 0 Å². The zero-order chi connectivity index (χ0) is 24.5. The average Bonchev–Trinajstić information content (AvgIpc) is 2.80. The molecule has 1 aliphatic heterocycles. The number of carbonyl (C=O) groups excluding carboxylic acids is 1. The van der Waals surface area contributed by atoms with E-state index in [1.165, 1.54) is 11.8 Å². The third-order valence-corrected chi connectivity index (χ3v) is 6.04. The van der Waals surface area contributed by atoms with Crippen LogP contribution >= 0.6 is 11.8 Å². The van der Waals surface area contributed by atoms with E-state index >= 15 is 0 Å². The van der Waals surface area contributed by atoms with Gasteiger partial charge in [-0.2, -0.15) is 0 Å². The van der Waals surface area contributed by atoms with Crippen molar-refractivity contribution in [3.05, 3.63) is 30.3 Å². The maximum atomic E-state index is 11.6. The number of amidine groups is 1. The summed E-state index contributed by atoms with van der Waals surface area (Å²) in [5, 5.41) is 20.2. The van der Waals surface area contributed by atoms with E-state index in [-0.39, 0.29) is 18.9 Å². The molecule has 3 rings (SSSR count). The van der Waals surface area contributed by atoms with Crippen molar-refractivity contribution in [3.8, 4) is 0 Å². The number of aliphatic imine (C=N–C) groups is 1. The number of anilines is 2. The molecule has 1 aromatic carbocycles. The summed E-state index contributed by atoms with van der Waals surface area (Å²) in [6.45, 7) is 7.57. The lowest BCUT2D eigenvalue weighted by Crippen LogP contribution is -2.47. The van der Waals surface area contributed by atoms with Crippen molar-refractivity contribution >= 4 is 46.5 Å². The SMILES string of the molecule is CCC(=O)Nc1ccc(Sc2nc(N=C(N)CC(C)=N)cc(N3CCN(CCO)CC3)n2)cc1. The number of rotatable bonds is 10. The zero-order valence-corrected chi connectivity index (χ0v) is 20.4. The number of benzene rings is 1. The topological polar surface area (TPSA) is 144 Å². The Bertz CT molecular complexity index is 1020. The third kappa shape index (κ3) is 7.79. The second kappa shape index (κ2) is 12.4. The second-order valence-corrected chi connectivity index (χ2v) is 9.05. The highest BCUT2D eigenvalue weighted by Crippen LogP contribution is 2.30. The van der Waals surface area contributed by atoms with Crippen LogP contribution in [0.5, 0.6) is 0 Å². The molecular weight excluding hydrogens is 452 g/mol. The van der Waals surface area contributed by atoms with Crippen LogP contribution in [0, 0.1) is 5.41 Å². The Morgan fingerprint density at radius 1 is 1.24 bits per heavy atom. The Hall–Kier alpha value is -3.02. The van der Waals surface area contributed by atoms with Crippen molar-refractivity contribution in [2.45, 2.75) is 36.7 Å². The fourth-order valence-electron chi connectivity index (χ4n) is 3.43. The molecule has 5 N–H and O–H groups in total. The Kier molecular flexibility index (Phi) is 9.37. The van der Waals surface area contributed by atoms with E-state index in [1.54, 1.807) is 6.92 Å². The summed E-state index contributed by atoms with van der Waals surface area (Å²) >= 11 is 1.41. The van der Waals surface area contributed by atoms with Crippen LogP contribution in [0.2, 0.25) is 0 Å². The molecule has 2 heterocycles. The van der Waals surface area contributed by atoms with Crippen LogP contribution in [0.4, 0.5) is 17.3 Å². The molecule has 34 heavy (non-hydrogen) atoms. The number of nitrogens with one attached hydrogen (secondary N) is 2. The number of hydrogen-bond donors (Lipinski definition) is 4. The van der Waals surface area contributed by atoms with Gasteiger partial charge in [0, 0.05) is 67.9 Å². The largest absolute Gasteiger partial charge is 0.395 e. The maximum Gasteiger partial charge on any atom is 0.224 e. The fraction of sp³-hybridized carbons (Fsp3) is 0.435. The molecule has 1 amide bonds. The van der Waals surface area contributed by atoms with Gasteiger partial charge in [-0.3, -0.25) is 9.69 Å². The monoisotopic (exact) mass is 484 g/mol.